The van der Waals surface area contributed by atoms with Crippen molar-refractivity contribution in [2.75, 3.05) is 26.2 Å². The van der Waals surface area contributed by atoms with Crippen LogP contribution in [0.4, 0.5) is 0 Å². The van der Waals surface area contributed by atoms with Gasteiger partial charge >= 0.3 is 0 Å². The summed E-state index contributed by atoms with van der Waals surface area (Å²) in [6.45, 7) is 10.9. The van der Waals surface area contributed by atoms with E-state index in [1.165, 1.54) is 0 Å². The normalized spacial score (nSPS) is 23.9. The van der Waals surface area contributed by atoms with Crippen LogP contribution in [0.1, 0.15) is 27.7 Å². The minimum Gasteiger partial charge on any atom is -0.376 e. The van der Waals surface area contributed by atoms with E-state index in [4.69, 9.17) is 4.74 Å². The van der Waals surface area contributed by atoms with Gasteiger partial charge in [0.05, 0.1) is 19.3 Å². The quantitative estimate of drug-likeness (QED) is 0.733. The number of hydrogen-bond donors (Lipinski definition) is 1. The van der Waals surface area contributed by atoms with Crippen LogP contribution >= 0.6 is 0 Å². The zero-order valence-corrected chi connectivity index (χ0v) is 10.2. The van der Waals surface area contributed by atoms with Crippen molar-refractivity contribution >= 4 is 5.91 Å². The van der Waals surface area contributed by atoms with Crippen LogP contribution in [-0.2, 0) is 9.53 Å². The number of nitrogens with one attached hydrogen (secondary N) is 1. The lowest BCUT2D eigenvalue weighted by atomic mass is 10.1. The zero-order valence-electron chi connectivity index (χ0n) is 10.2. The van der Waals surface area contributed by atoms with Crippen LogP contribution in [0.15, 0.2) is 0 Å². The van der Waals surface area contributed by atoms with Gasteiger partial charge in [-0.1, -0.05) is 0 Å². The lowest BCUT2D eigenvalue weighted by Crippen LogP contribution is -2.49. The standard InChI is InChI=1S/C11H22N2O2/c1-9-7-13(5-6-15-9)8-10(14)12-11(2,3)4/h9H,5-8H2,1-4H3,(H,12,14). The van der Waals surface area contributed by atoms with Crippen molar-refractivity contribution in [3.05, 3.63) is 0 Å². The fourth-order valence-electron chi connectivity index (χ4n) is 1.70. The average Bonchev–Trinajstić information content (AvgIpc) is 1.99. The predicted octanol–water partition coefficient (Wildman–Crippen LogP) is 0.622. The molecule has 1 aliphatic rings. The summed E-state index contributed by atoms with van der Waals surface area (Å²) in [5, 5.41) is 2.96. The summed E-state index contributed by atoms with van der Waals surface area (Å²) in [7, 11) is 0. The molecular formula is C11H22N2O2. The van der Waals surface area contributed by atoms with Crippen molar-refractivity contribution < 1.29 is 9.53 Å². The second-order valence-corrected chi connectivity index (χ2v) is 5.21. The number of carbonyl (C=O) groups excluding carboxylic acids is 1. The van der Waals surface area contributed by atoms with E-state index in [0.29, 0.717) is 6.54 Å². The van der Waals surface area contributed by atoms with E-state index in [9.17, 15) is 4.79 Å². The molecule has 1 rings (SSSR count). The van der Waals surface area contributed by atoms with Gasteiger partial charge in [-0.3, -0.25) is 9.69 Å². The molecule has 0 radical (unpaired) electrons. The topological polar surface area (TPSA) is 41.6 Å². The summed E-state index contributed by atoms with van der Waals surface area (Å²) in [5.74, 6) is 0.0941. The third kappa shape index (κ3) is 5.14. The Balaban J connectivity index is 2.31. The zero-order chi connectivity index (χ0) is 11.5. The fourth-order valence-corrected chi connectivity index (χ4v) is 1.70. The summed E-state index contributed by atoms with van der Waals surface area (Å²) < 4.78 is 5.42. The fraction of sp³-hybridized carbons (Fsp3) is 0.909. The average molecular weight is 214 g/mol. The molecule has 0 saturated carbocycles. The van der Waals surface area contributed by atoms with E-state index in [1.807, 2.05) is 27.7 Å². The van der Waals surface area contributed by atoms with Crippen LogP contribution in [0.5, 0.6) is 0 Å². The minimum atomic E-state index is -0.144. The lowest BCUT2D eigenvalue weighted by Gasteiger charge is -2.31. The number of amides is 1. The van der Waals surface area contributed by atoms with Crippen molar-refractivity contribution in [1.29, 1.82) is 0 Å². The Morgan fingerprint density at radius 3 is 2.73 bits per heavy atom. The van der Waals surface area contributed by atoms with Crippen LogP contribution in [0.25, 0.3) is 0 Å². The number of morpholine rings is 1. The van der Waals surface area contributed by atoms with Gasteiger partial charge in [-0.15, -0.1) is 0 Å². The van der Waals surface area contributed by atoms with Gasteiger partial charge in [0.2, 0.25) is 5.91 Å². The molecule has 4 heteroatoms. The third-order valence-electron chi connectivity index (χ3n) is 2.21. The first-order valence-electron chi connectivity index (χ1n) is 5.52. The molecule has 1 aliphatic heterocycles. The monoisotopic (exact) mass is 214 g/mol. The first-order chi connectivity index (χ1) is 6.87. The maximum Gasteiger partial charge on any atom is 0.234 e. The van der Waals surface area contributed by atoms with Crippen molar-refractivity contribution in [2.24, 2.45) is 0 Å². The van der Waals surface area contributed by atoms with Crippen molar-refractivity contribution in [3.63, 3.8) is 0 Å². The van der Waals surface area contributed by atoms with Crippen LogP contribution in [-0.4, -0.2) is 48.7 Å². The van der Waals surface area contributed by atoms with Crippen molar-refractivity contribution in [1.82, 2.24) is 10.2 Å². The molecule has 1 amide bonds. The van der Waals surface area contributed by atoms with Gasteiger partial charge in [0, 0.05) is 18.6 Å². The molecule has 1 fully saturated rings. The number of ether oxygens (including phenoxy) is 1. The molecular weight excluding hydrogens is 192 g/mol. The van der Waals surface area contributed by atoms with Gasteiger partial charge < -0.3 is 10.1 Å². The number of hydrogen-bond acceptors (Lipinski definition) is 3. The predicted molar refractivity (Wildman–Crippen MR) is 59.7 cm³/mol. The highest BCUT2D eigenvalue weighted by atomic mass is 16.5. The molecule has 4 nitrogen and oxygen atoms in total. The Morgan fingerprint density at radius 2 is 2.20 bits per heavy atom. The van der Waals surface area contributed by atoms with Gasteiger partial charge in [0.25, 0.3) is 0 Å². The van der Waals surface area contributed by atoms with E-state index < -0.39 is 0 Å². The van der Waals surface area contributed by atoms with Crippen molar-refractivity contribution in [2.45, 2.75) is 39.3 Å². The molecule has 0 aromatic rings. The highest BCUT2D eigenvalue weighted by Crippen LogP contribution is 2.04. The number of carbonyl (C=O) groups is 1. The van der Waals surface area contributed by atoms with Gasteiger partial charge in [-0.05, 0) is 27.7 Å². The molecule has 0 aromatic carbocycles. The SMILES string of the molecule is CC1CN(CC(=O)NC(C)(C)C)CCO1. The Kier molecular flexibility index (Phi) is 4.11. The summed E-state index contributed by atoms with van der Waals surface area (Å²) in [6, 6.07) is 0. The van der Waals surface area contributed by atoms with Crippen LogP contribution in [0, 0.1) is 0 Å². The minimum absolute atomic E-state index is 0.0941. The van der Waals surface area contributed by atoms with Crippen LogP contribution in [0.3, 0.4) is 0 Å². The second-order valence-electron chi connectivity index (χ2n) is 5.21. The molecule has 88 valence electrons. The molecule has 1 heterocycles. The van der Waals surface area contributed by atoms with E-state index in [0.717, 1.165) is 19.7 Å². The largest absolute Gasteiger partial charge is 0.376 e. The molecule has 1 saturated heterocycles. The highest BCUT2D eigenvalue weighted by Gasteiger charge is 2.20. The number of nitrogens with zero attached hydrogens (tertiary/aromatic N) is 1. The second kappa shape index (κ2) is 4.94. The first-order valence-corrected chi connectivity index (χ1v) is 5.52. The van der Waals surface area contributed by atoms with Crippen molar-refractivity contribution in [3.8, 4) is 0 Å². The summed E-state index contributed by atoms with van der Waals surface area (Å²) in [6.07, 6.45) is 0.237. The van der Waals surface area contributed by atoms with Gasteiger partial charge in [-0.2, -0.15) is 0 Å². The highest BCUT2D eigenvalue weighted by molar-refractivity contribution is 5.78. The first kappa shape index (κ1) is 12.5. The Morgan fingerprint density at radius 1 is 1.53 bits per heavy atom. The number of rotatable bonds is 2. The smallest absolute Gasteiger partial charge is 0.234 e. The molecule has 0 aromatic heterocycles. The Labute approximate surface area is 92.0 Å². The van der Waals surface area contributed by atoms with E-state index in [2.05, 4.69) is 10.2 Å². The molecule has 15 heavy (non-hydrogen) atoms. The molecule has 0 spiro atoms. The molecule has 1 atom stereocenters. The van der Waals surface area contributed by atoms with Gasteiger partial charge in [0.1, 0.15) is 0 Å². The van der Waals surface area contributed by atoms with Crippen LogP contribution < -0.4 is 5.32 Å². The van der Waals surface area contributed by atoms with E-state index in [-0.39, 0.29) is 17.6 Å². The Hall–Kier alpha value is -0.610. The Bertz CT molecular complexity index is 223. The molecule has 1 unspecified atom stereocenters. The third-order valence-corrected chi connectivity index (χ3v) is 2.21. The summed E-state index contributed by atoms with van der Waals surface area (Å²) >= 11 is 0. The molecule has 0 aliphatic carbocycles. The molecule has 0 bridgehead atoms. The van der Waals surface area contributed by atoms with Gasteiger partial charge in [-0.25, -0.2) is 0 Å². The van der Waals surface area contributed by atoms with Gasteiger partial charge in [0.15, 0.2) is 0 Å². The van der Waals surface area contributed by atoms with E-state index >= 15 is 0 Å². The maximum atomic E-state index is 11.6. The van der Waals surface area contributed by atoms with E-state index in [1.54, 1.807) is 0 Å². The molecule has 1 N–H and O–H groups in total. The lowest BCUT2D eigenvalue weighted by molar-refractivity contribution is -0.125. The van der Waals surface area contributed by atoms with Crippen LogP contribution in [0.2, 0.25) is 0 Å². The maximum absolute atomic E-state index is 11.6. The summed E-state index contributed by atoms with van der Waals surface area (Å²) in [5.41, 5.74) is -0.144. The summed E-state index contributed by atoms with van der Waals surface area (Å²) in [4.78, 5) is 13.8.